The number of benzene rings is 1. The second-order valence-electron chi connectivity index (χ2n) is 4.69. The number of halogens is 2. The minimum absolute atomic E-state index is 0.108. The van der Waals surface area contributed by atoms with E-state index >= 15 is 0 Å². The average Bonchev–Trinajstić information content (AvgIpc) is 2.35. The Labute approximate surface area is 112 Å². The third-order valence-corrected chi connectivity index (χ3v) is 2.70. The van der Waals surface area contributed by atoms with E-state index in [9.17, 15) is 8.78 Å². The van der Waals surface area contributed by atoms with Gasteiger partial charge in [0.15, 0.2) is 11.5 Å². The van der Waals surface area contributed by atoms with Crippen molar-refractivity contribution in [3.63, 3.8) is 0 Å². The normalized spacial score (nSPS) is 11.1. The Morgan fingerprint density at radius 3 is 2.58 bits per heavy atom. The molecule has 5 heteroatoms. The van der Waals surface area contributed by atoms with Crippen LogP contribution in [-0.2, 0) is 6.54 Å². The molecule has 1 aromatic carbocycles. The molecule has 0 saturated carbocycles. The van der Waals surface area contributed by atoms with Gasteiger partial charge < -0.3 is 14.8 Å². The molecule has 3 nitrogen and oxygen atoms in total. The molecule has 1 aromatic rings. The van der Waals surface area contributed by atoms with Gasteiger partial charge in [0.2, 0.25) is 0 Å². The minimum Gasteiger partial charge on any atom is -0.493 e. The lowest BCUT2D eigenvalue weighted by Crippen LogP contribution is -2.17. The van der Waals surface area contributed by atoms with Crippen molar-refractivity contribution in [3.8, 4) is 11.5 Å². The van der Waals surface area contributed by atoms with Crippen molar-refractivity contribution >= 4 is 0 Å². The van der Waals surface area contributed by atoms with Crippen molar-refractivity contribution < 1.29 is 18.3 Å². The molecule has 0 saturated heterocycles. The van der Waals surface area contributed by atoms with E-state index in [1.54, 1.807) is 18.2 Å². The van der Waals surface area contributed by atoms with Gasteiger partial charge >= 0.3 is 6.61 Å². The predicted octanol–water partition coefficient (Wildman–Crippen LogP) is 3.43. The highest BCUT2D eigenvalue weighted by molar-refractivity contribution is 5.46. The topological polar surface area (TPSA) is 30.5 Å². The van der Waals surface area contributed by atoms with Gasteiger partial charge in [-0.25, -0.2) is 0 Å². The molecule has 0 aliphatic rings. The highest BCUT2D eigenvalue weighted by Crippen LogP contribution is 2.32. The lowest BCUT2D eigenvalue weighted by molar-refractivity contribution is -0.0518. The molecule has 0 unspecified atom stereocenters. The van der Waals surface area contributed by atoms with E-state index in [2.05, 4.69) is 23.9 Å². The number of ether oxygens (including phenoxy) is 2. The Kier molecular flexibility index (Phi) is 6.56. The summed E-state index contributed by atoms with van der Waals surface area (Å²) in [6, 6.07) is 5.12. The Hall–Kier alpha value is -1.36. The second-order valence-corrected chi connectivity index (χ2v) is 4.69. The first-order valence-electron chi connectivity index (χ1n) is 6.36. The van der Waals surface area contributed by atoms with E-state index < -0.39 is 6.61 Å². The van der Waals surface area contributed by atoms with Crippen LogP contribution in [0.5, 0.6) is 11.5 Å². The minimum atomic E-state index is -2.86. The first-order chi connectivity index (χ1) is 9.04. The third-order valence-electron chi connectivity index (χ3n) is 2.70. The van der Waals surface area contributed by atoms with Crippen molar-refractivity contribution in [2.45, 2.75) is 33.4 Å². The summed E-state index contributed by atoms with van der Waals surface area (Å²) >= 11 is 0. The number of nitrogens with one attached hydrogen (secondary N) is 1. The van der Waals surface area contributed by atoms with Crippen molar-refractivity contribution in [3.05, 3.63) is 23.8 Å². The maximum atomic E-state index is 12.4. The van der Waals surface area contributed by atoms with Crippen LogP contribution in [0.1, 0.15) is 25.8 Å². The highest BCUT2D eigenvalue weighted by Gasteiger charge is 2.14. The van der Waals surface area contributed by atoms with E-state index in [-0.39, 0.29) is 5.75 Å². The number of hydrogen-bond acceptors (Lipinski definition) is 3. The molecule has 0 aliphatic heterocycles. The number of rotatable bonds is 8. The molecule has 19 heavy (non-hydrogen) atoms. The highest BCUT2D eigenvalue weighted by atomic mass is 19.3. The molecular weight excluding hydrogens is 252 g/mol. The lowest BCUT2D eigenvalue weighted by Gasteiger charge is -2.15. The van der Waals surface area contributed by atoms with Gasteiger partial charge in [0.1, 0.15) is 0 Å². The van der Waals surface area contributed by atoms with Gasteiger partial charge in [-0.15, -0.1) is 0 Å². The number of para-hydroxylation sites is 1. The summed E-state index contributed by atoms with van der Waals surface area (Å²) in [5, 5.41) is 3.22. The average molecular weight is 273 g/mol. The Bertz CT molecular complexity index is 384. The third kappa shape index (κ3) is 5.42. The molecule has 0 atom stereocenters. The zero-order valence-electron chi connectivity index (χ0n) is 11.6. The first-order valence-corrected chi connectivity index (χ1v) is 6.36. The maximum Gasteiger partial charge on any atom is 0.387 e. The van der Waals surface area contributed by atoms with Gasteiger partial charge in [-0.2, -0.15) is 8.78 Å². The van der Waals surface area contributed by atoms with E-state index in [0.29, 0.717) is 23.8 Å². The molecular formula is C14H21F2NO2. The molecule has 0 aromatic heterocycles. The van der Waals surface area contributed by atoms with E-state index in [1.165, 1.54) is 7.11 Å². The Balaban J connectivity index is 2.70. The fourth-order valence-electron chi connectivity index (χ4n) is 1.70. The summed E-state index contributed by atoms with van der Waals surface area (Å²) in [6.45, 7) is 2.73. The fourth-order valence-corrected chi connectivity index (χ4v) is 1.70. The van der Waals surface area contributed by atoms with Gasteiger partial charge in [-0.1, -0.05) is 26.0 Å². The standard InChI is InChI=1S/C14H21F2NO2/c1-10(2)7-8-17-9-11-5-4-6-12(18-3)13(11)19-14(15)16/h4-6,10,14,17H,7-9H2,1-3H3. The Morgan fingerprint density at radius 1 is 1.26 bits per heavy atom. The number of alkyl halides is 2. The summed E-state index contributed by atoms with van der Waals surface area (Å²) in [5.74, 6) is 1.04. The quantitative estimate of drug-likeness (QED) is 0.736. The van der Waals surface area contributed by atoms with Gasteiger partial charge in [-0.3, -0.25) is 0 Å². The summed E-state index contributed by atoms with van der Waals surface area (Å²) in [5.41, 5.74) is 0.670. The molecule has 0 radical (unpaired) electrons. The number of methoxy groups -OCH3 is 1. The van der Waals surface area contributed by atoms with Crippen LogP contribution < -0.4 is 14.8 Å². The summed E-state index contributed by atoms with van der Waals surface area (Å²) in [4.78, 5) is 0. The molecule has 0 fully saturated rings. The van der Waals surface area contributed by atoms with Crippen LogP contribution in [0, 0.1) is 5.92 Å². The van der Waals surface area contributed by atoms with Gasteiger partial charge in [-0.05, 0) is 24.9 Å². The van der Waals surface area contributed by atoms with Gasteiger partial charge in [0.25, 0.3) is 0 Å². The molecule has 0 spiro atoms. The number of hydrogen-bond donors (Lipinski definition) is 1. The van der Waals surface area contributed by atoms with Crippen molar-refractivity contribution in [2.24, 2.45) is 5.92 Å². The van der Waals surface area contributed by atoms with Gasteiger partial charge in [0, 0.05) is 12.1 Å². The molecule has 108 valence electrons. The molecule has 0 heterocycles. The van der Waals surface area contributed by atoms with Crippen LogP contribution >= 0.6 is 0 Å². The molecule has 1 N–H and O–H groups in total. The van der Waals surface area contributed by atoms with E-state index in [4.69, 9.17) is 4.74 Å². The summed E-state index contributed by atoms with van der Waals surface area (Å²) in [6.07, 6.45) is 1.04. The van der Waals surface area contributed by atoms with Crippen LogP contribution in [0.25, 0.3) is 0 Å². The Morgan fingerprint density at radius 2 is 2.00 bits per heavy atom. The van der Waals surface area contributed by atoms with Gasteiger partial charge in [0.05, 0.1) is 7.11 Å². The van der Waals surface area contributed by atoms with Crippen molar-refractivity contribution in [1.82, 2.24) is 5.32 Å². The monoisotopic (exact) mass is 273 g/mol. The van der Waals surface area contributed by atoms with Crippen LogP contribution in [0.15, 0.2) is 18.2 Å². The molecule has 0 aliphatic carbocycles. The fraction of sp³-hybridized carbons (Fsp3) is 0.571. The van der Waals surface area contributed by atoms with Crippen molar-refractivity contribution in [1.29, 1.82) is 0 Å². The van der Waals surface area contributed by atoms with Crippen LogP contribution in [0.3, 0.4) is 0 Å². The molecule has 0 bridgehead atoms. The van der Waals surface area contributed by atoms with Crippen LogP contribution in [0.4, 0.5) is 8.78 Å². The molecule has 0 amide bonds. The van der Waals surface area contributed by atoms with Crippen LogP contribution in [-0.4, -0.2) is 20.3 Å². The first kappa shape index (κ1) is 15.7. The zero-order chi connectivity index (χ0) is 14.3. The van der Waals surface area contributed by atoms with E-state index in [1.807, 2.05) is 0 Å². The maximum absolute atomic E-state index is 12.4. The second kappa shape index (κ2) is 7.94. The molecule has 1 rings (SSSR count). The van der Waals surface area contributed by atoms with E-state index in [0.717, 1.165) is 13.0 Å². The van der Waals surface area contributed by atoms with Crippen molar-refractivity contribution in [2.75, 3.05) is 13.7 Å². The smallest absolute Gasteiger partial charge is 0.387 e. The van der Waals surface area contributed by atoms with Crippen LogP contribution in [0.2, 0.25) is 0 Å². The SMILES string of the molecule is COc1cccc(CNCCC(C)C)c1OC(F)F. The largest absolute Gasteiger partial charge is 0.493 e. The lowest BCUT2D eigenvalue weighted by atomic mass is 10.1. The predicted molar refractivity (Wildman–Crippen MR) is 70.8 cm³/mol. The summed E-state index contributed by atoms with van der Waals surface area (Å²) in [7, 11) is 1.43. The zero-order valence-corrected chi connectivity index (χ0v) is 11.6. The summed E-state index contributed by atoms with van der Waals surface area (Å²) < 4.78 is 34.4.